The predicted octanol–water partition coefficient (Wildman–Crippen LogP) is 3.00. The van der Waals surface area contributed by atoms with Crippen LogP contribution in [-0.4, -0.2) is 32.3 Å². The number of hydrogen-bond acceptors (Lipinski definition) is 5. The minimum absolute atomic E-state index is 0.0820. The van der Waals surface area contributed by atoms with Crippen LogP contribution >= 0.6 is 11.5 Å². The van der Waals surface area contributed by atoms with Gasteiger partial charge in [-0.1, -0.05) is 20.8 Å². The Morgan fingerprint density at radius 2 is 2.04 bits per heavy atom. The number of likely N-dealkylation sites (tertiary alicyclic amines) is 1. The highest BCUT2D eigenvalue weighted by Crippen LogP contribution is 2.44. The van der Waals surface area contributed by atoms with Crippen LogP contribution in [0.5, 0.6) is 0 Å². The smallest absolute Gasteiger partial charge is 0.254 e. The summed E-state index contributed by atoms with van der Waals surface area (Å²) in [6, 6.07) is 0. The van der Waals surface area contributed by atoms with Crippen molar-refractivity contribution in [3.63, 3.8) is 0 Å². The van der Waals surface area contributed by atoms with Crippen LogP contribution in [0, 0.1) is 0 Å². The molecule has 0 unspecified atom stereocenters. The first-order valence-corrected chi connectivity index (χ1v) is 9.96. The molecule has 0 bridgehead atoms. The van der Waals surface area contributed by atoms with Gasteiger partial charge in [-0.15, -0.1) is 0 Å². The fraction of sp³-hybridized carbons (Fsp3) is 0.632. The highest BCUT2D eigenvalue weighted by molar-refractivity contribution is 7.03. The van der Waals surface area contributed by atoms with Gasteiger partial charge in [0, 0.05) is 34.5 Å². The molecule has 2 aromatic heterocycles. The lowest BCUT2D eigenvalue weighted by Crippen LogP contribution is -2.42. The van der Waals surface area contributed by atoms with Gasteiger partial charge in [-0.2, -0.15) is 0 Å². The number of rotatable bonds is 2. The summed E-state index contributed by atoms with van der Waals surface area (Å²) < 4.78 is 4.20. The second-order valence-corrected chi connectivity index (χ2v) is 9.24. The monoisotopic (exact) mass is 358 g/mol. The Bertz CT molecular complexity index is 811. The van der Waals surface area contributed by atoms with Gasteiger partial charge in [0.15, 0.2) is 0 Å². The van der Waals surface area contributed by atoms with E-state index < -0.39 is 0 Å². The summed E-state index contributed by atoms with van der Waals surface area (Å²) in [6.45, 7) is 9.43. The molecule has 1 saturated heterocycles. The highest BCUT2D eigenvalue weighted by atomic mass is 32.1. The fourth-order valence-corrected chi connectivity index (χ4v) is 4.72. The molecule has 4 rings (SSSR count). The largest absolute Gasteiger partial charge is 0.310 e. The van der Waals surface area contributed by atoms with E-state index in [1.165, 1.54) is 17.1 Å². The van der Waals surface area contributed by atoms with Crippen molar-refractivity contribution in [2.75, 3.05) is 13.1 Å². The maximum absolute atomic E-state index is 12.6. The number of aromatic nitrogens is 3. The minimum Gasteiger partial charge on any atom is -0.310 e. The molecule has 6 heteroatoms. The molecule has 3 heterocycles. The Morgan fingerprint density at radius 1 is 1.28 bits per heavy atom. The summed E-state index contributed by atoms with van der Waals surface area (Å²) in [7, 11) is 0. The fourth-order valence-electron chi connectivity index (χ4n) is 4.20. The maximum Gasteiger partial charge on any atom is 0.254 e. The summed E-state index contributed by atoms with van der Waals surface area (Å²) in [5.74, 6) is 0.823. The van der Waals surface area contributed by atoms with Crippen LogP contribution in [0.1, 0.15) is 62.7 Å². The first-order chi connectivity index (χ1) is 11.9. The zero-order valence-corrected chi connectivity index (χ0v) is 16.1. The molecule has 1 N–H and O–H groups in total. The predicted molar refractivity (Wildman–Crippen MR) is 100 cm³/mol. The van der Waals surface area contributed by atoms with E-state index in [4.69, 9.17) is 4.98 Å². The van der Waals surface area contributed by atoms with E-state index in [2.05, 4.69) is 40.4 Å². The molecule has 1 spiro atoms. The Morgan fingerprint density at radius 3 is 2.68 bits per heavy atom. The SMILES string of the molecule is CC(C)(C)c1nc2c(c(=O)[nH]1)CCC21CCN(Cc2cnsc2)CC1. The summed E-state index contributed by atoms with van der Waals surface area (Å²) in [5.41, 5.74) is 3.38. The lowest BCUT2D eigenvalue weighted by atomic mass is 9.76. The van der Waals surface area contributed by atoms with E-state index >= 15 is 0 Å². The molecule has 2 aromatic rings. The van der Waals surface area contributed by atoms with E-state index in [1.54, 1.807) is 0 Å². The first kappa shape index (κ1) is 16.9. The van der Waals surface area contributed by atoms with Crippen molar-refractivity contribution in [3.05, 3.63) is 44.6 Å². The number of nitrogens with zero attached hydrogens (tertiary/aromatic N) is 3. The lowest BCUT2D eigenvalue weighted by molar-refractivity contribution is 0.150. The van der Waals surface area contributed by atoms with Crippen molar-refractivity contribution < 1.29 is 0 Å². The molecule has 0 aromatic carbocycles. The van der Waals surface area contributed by atoms with E-state index in [1.807, 2.05) is 6.20 Å². The van der Waals surface area contributed by atoms with Crippen LogP contribution in [0.2, 0.25) is 0 Å². The van der Waals surface area contributed by atoms with Crippen LogP contribution in [0.3, 0.4) is 0 Å². The molecule has 0 radical (unpaired) electrons. The number of aromatic amines is 1. The van der Waals surface area contributed by atoms with Gasteiger partial charge in [0.1, 0.15) is 5.82 Å². The summed E-state index contributed by atoms with van der Waals surface area (Å²) in [4.78, 5) is 23.1. The van der Waals surface area contributed by atoms with Crippen LogP contribution in [0.25, 0.3) is 0 Å². The Kier molecular flexibility index (Phi) is 4.07. The Labute approximate surface area is 152 Å². The van der Waals surface area contributed by atoms with Gasteiger partial charge in [-0.3, -0.25) is 9.69 Å². The Balaban J connectivity index is 1.58. The number of hydrogen-bond donors (Lipinski definition) is 1. The first-order valence-electron chi connectivity index (χ1n) is 9.12. The zero-order chi connectivity index (χ0) is 17.7. The third-order valence-corrected chi connectivity index (χ3v) is 6.42. The molecular weight excluding hydrogens is 332 g/mol. The molecule has 134 valence electrons. The second kappa shape index (κ2) is 6.02. The third kappa shape index (κ3) is 3.06. The topological polar surface area (TPSA) is 61.9 Å². The lowest BCUT2D eigenvalue weighted by Gasteiger charge is -2.39. The molecule has 1 aliphatic heterocycles. The quantitative estimate of drug-likeness (QED) is 0.896. The molecule has 0 saturated carbocycles. The van der Waals surface area contributed by atoms with E-state index in [9.17, 15) is 4.79 Å². The molecule has 2 aliphatic rings. The average Bonchev–Trinajstić information content (AvgIpc) is 3.18. The summed E-state index contributed by atoms with van der Waals surface area (Å²) in [6.07, 6.45) is 6.10. The van der Waals surface area contributed by atoms with Crippen molar-refractivity contribution in [1.82, 2.24) is 19.2 Å². The standard InChI is InChI=1S/C19H26N4OS/c1-18(2,3)17-21-15-14(16(24)22-17)4-5-19(15)6-8-23(9-7-19)11-13-10-20-25-12-13/h10,12H,4-9,11H2,1-3H3,(H,21,22,24). The number of H-pyrrole nitrogens is 1. The van der Waals surface area contributed by atoms with Gasteiger partial charge in [0.05, 0.1) is 5.69 Å². The van der Waals surface area contributed by atoms with E-state index in [-0.39, 0.29) is 16.4 Å². The molecular formula is C19H26N4OS. The van der Waals surface area contributed by atoms with Crippen molar-refractivity contribution in [2.24, 2.45) is 0 Å². The van der Waals surface area contributed by atoms with Crippen LogP contribution in [0.15, 0.2) is 16.4 Å². The molecule has 0 amide bonds. The maximum atomic E-state index is 12.6. The summed E-state index contributed by atoms with van der Waals surface area (Å²) in [5, 5.41) is 2.13. The molecule has 5 nitrogen and oxygen atoms in total. The van der Waals surface area contributed by atoms with Gasteiger partial charge in [0.2, 0.25) is 0 Å². The van der Waals surface area contributed by atoms with Crippen LogP contribution in [0.4, 0.5) is 0 Å². The zero-order valence-electron chi connectivity index (χ0n) is 15.3. The van der Waals surface area contributed by atoms with Gasteiger partial charge in [-0.25, -0.2) is 9.36 Å². The number of piperidine rings is 1. The van der Waals surface area contributed by atoms with Gasteiger partial charge in [0.25, 0.3) is 5.56 Å². The molecule has 25 heavy (non-hydrogen) atoms. The van der Waals surface area contributed by atoms with Crippen molar-refractivity contribution in [1.29, 1.82) is 0 Å². The van der Waals surface area contributed by atoms with Crippen molar-refractivity contribution in [3.8, 4) is 0 Å². The van der Waals surface area contributed by atoms with Crippen molar-refractivity contribution >= 4 is 11.5 Å². The van der Waals surface area contributed by atoms with Crippen molar-refractivity contribution in [2.45, 2.75) is 63.8 Å². The number of nitrogens with one attached hydrogen (secondary N) is 1. The van der Waals surface area contributed by atoms with Gasteiger partial charge >= 0.3 is 0 Å². The van der Waals surface area contributed by atoms with E-state index in [0.29, 0.717) is 0 Å². The summed E-state index contributed by atoms with van der Waals surface area (Å²) >= 11 is 1.52. The molecule has 1 aliphatic carbocycles. The number of fused-ring (bicyclic) bond motifs is 2. The van der Waals surface area contributed by atoms with Gasteiger partial charge in [-0.05, 0) is 55.9 Å². The Hall–Kier alpha value is -1.53. The minimum atomic E-state index is -0.134. The van der Waals surface area contributed by atoms with Gasteiger partial charge < -0.3 is 4.98 Å². The highest BCUT2D eigenvalue weighted by Gasteiger charge is 2.44. The van der Waals surface area contributed by atoms with Crippen LogP contribution < -0.4 is 5.56 Å². The molecule has 1 fully saturated rings. The molecule has 0 atom stereocenters. The third-order valence-electron chi connectivity index (χ3n) is 5.78. The second-order valence-electron chi connectivity index (χ2n) is 8.58. The average molecular weight is 359 g/mol. The normalized spacial score (nSPS) is 20.1. The van der Waals surface area contributed by atoms with Crippen LogP contribution in [-0.2, 0) is 23.8 Å². The van der Waals surface area contributed by atoms with E-state index in [0.717, 1.165) is 62.4 Å².